The van der Waals surface area contributed by atoms with Gasteiger partial charge in [0.25, 0.3) is 5.69 Å². The quantitative estimate of drug-likeness (QED) is 0.666. The van der Waals surface area contributed by atoms with E-state index in [0.717, 1.165) is 24.0 Å². The standard InChI is InChI=1S/C16H18N2O2/c1-2-16(17)14-7-3-12(4-8-14)11-13-5-9-15(10-6-13)18(19)20/h3-10,16H,2,11,17H2,1H3/t16-/m1/s1. The van der Waals surface area contributed by atoms with E-state index in [2.05, 4.69) is 31.2 Å². The SMILES string of the molecule is CC[C@@H](N)c1ccc(Cc2ccc([N+](=O)[O-])cc2)cc1. The van der Waals surface area contributed by atoms with Crippen LogP contribution in [0.4, 0.5) is 5.69 Å². The lowest BCUT2D eigenvalue weighted by atomic mass is 10.00. The Morgan fingerprint density at radius 2 is 1.55 bits per heavy atom. The van der Waals surface area contributed by atoms with Crippen LogP contribution in [0.3, 0.4) is 0 Å². The summed E-state index contributed by atoms with van der Waals surface area (Å²) in [5.41, 5.74) is 9.47. The van der Waals surface area contributed by atoms with E-state index in [1.165, 1.54) is 17.7 Å². The smallest absolute Gasteiger partial charge is 0.269 e. The maximum Gasteiger partial charge on any atom is 0.269 e. The number of nitro benzene ring substituents is 1. The Kier molecular flexibility index (Phi) is 4.48. The third-order valence-electron chi connectivity index (χ3n) is 3.40. The molecule has 1 atom stereocenters. The largest absolute Gasteiger partial charge is 0.324 e. The van der Waals surface area contributed by atoms with Crippen molar-refractivity contribution in [2.45, 2.75) is 25.8 Å². The Labute approximate surface area is 118 Å². The van der Waals surface area contributed by atoms with Gasteiger partial charge in [-0.25, -0.2) is 0 Å². The van der Waals surface area contributed by atoms with Crippen molar-refractivity contribution in [3.8, 4) is 0 Å². The molecule has 0 unspecified atom stereocenters. The molecule has 0 aliphatic heterocycles. The molecule has 0 spiro atoms. The minimum absolute atomic E-state index is 0.0865. The molecular formula is C16H18N2O2. The maximum absolute atomic E-state index is 10.6. The molecule has 2 aromatic rings. The van der Waals surface area contributed by atoms with Gasteiger partial charge in [-0.3, -0.25) is 10.1 Å². The molecule has 0 saturated heterocycles. The Hall–Kier alpha value is -2.20. The zero-order valence-corrected chi connectivity index (χ0v) is 11.5. The third-order valence-corrected chi connectivity index (χ3v) is 3.40. The van der Waals surface area contributed by atoms with E-state index in [1.807, 2.05) is 0 Å². The fraction of sp³-hybridized carbons (Fsp3) is 0.250. The molecule has 2 aromatic carbocycles. The summed E-state index contributed by atoms with van der Waals surface area (Å²) in [4.78, 5) is 10.2. The number of rotatable bonds is 5. The average Bonchev–Trinajstić information content (AvgIpc) is 2.48. The van der Waals surface area contributed by atoms with Crippen molar-refractivity contribution >= 4 is 5.69 Å². The second kappa shape index (κ2) is 6.30. The van der Waals surface area contributed by atoms with Gasteiger partial charge >= 0.3 is 0 Å². The van der Waals surface area contributed by atoms with Crippen molar-refractivity contribution in [3.63, 3.8) is 0 Å². The predicted octanol–water partition coefficient (Wildman–Crippen LogP) is 3.60. The minimum Gasteiger partial charge on any atom is -0.324 e. The van der Waals surface area contributed by atoms with Gasteiger partial charge in [-0.05, 0) is 29.5 Å². The van der Waals surface area contributed by atoms with Gasteiger partial charge in [0.2, 0.25) is 0 Å². The van der Waals surface area contributed by atoms with E-state index in [9.17, 15) is 10.1 Å². The van der Waals surface area contributed by atoms with E-state index < -0.39 is 0 Å². The molecular weight excluding hydrogens is 252 g/mol. The normalized spacial score (nSPS) is 12.1. The fourth-order valence-corrected chi connectivity index (χ4v) is 2.09. The predicted molar refractivity (Wildman–Crippen MR) is 79.6 cm³/mol. The van der Waals surface area contributed by atoms with Crippen molar-refractivity contribution < 1.29 is 4.92 Å². The Balaban J connectivity index is 2.08. The van der Waals surface area contributed by atoms with Crippen molar-refractivity contribution in [2.75, 3.05) is 0 Å². The fourth-order valence-electron chi connectivity index (χ4n) is 2.09. The molecule has 0 saturated carbocycles. The summed E-state index contributed by atoms with van der Waals surface area (Å²) in [5.74, 6) is 0. The summed E-state index contributed by atoms with van der Waals surface area (Å²) in [6, 6.07) is 15.0. The summed E-state index contributed by atoms with van der Waals surface area (Å²) in [6.45, 7) is 2.06. The minimum atomic E-state index is -0.384. The lowest BCUT2D eigenvalue weighted by molar-refractivity contribution is -0.384. The van der Waals surface area contributed by atoms with Gasteiger partial charge in [-0.15, -0.1) is 0 Å². The molecule has 2 rings (SSSR count). The van der Waals surface area contributed by atoms with E-state index in [1.54, 1.807) is 12.1 Å². The van der Waals surface area contributed by atoms with Crippen LogP contribution in [0, 0.1) is 10.1 Å². The summed E-state index contributed by atoms with van der Waals surface area (Å²) < 4.78 is 0. The van der Waals surface area contributed by atoms with Crippen LogP contribution >= 0.6 is 0 Å². The Morgan fingerprint density at radius 3 is 2.00 bits per heavy atom. The first-order chi connectivity index (χ1) is 9.60. The molecule has 4 heteroatoms. The van der Waals surface area contributed by atoms with Gasteiger partial charge < -0.3 is 5.73 Å². The number of hydrogen-bond donors (Lipinski definition) is 1. The van der Waals surface area contributed by atoms with Gasteiger partial charge in [-0.1, -0.05) is 43.3 Å². The van der Waals surface area contributed by atoms with E-state index >= 15 is 0 Å². The summed E-state index contributed by atoms with van der Waals surface area (Å²) >= 11 is 0. The molecule has 0 aliphatic carbocycles. The van der Waals surface area contributed by atoms with Crippen LogP contribution in [0.25, 0.3) is 0 Å². The summed E-state index contributed by atoms with van der Waals surface area (Å²) in [6.07, 6.45) is 1.68. The molecule has 0 fully saturated rings. The number of nitrogens with two attached hydrogens (primary N) is 1. The van der Waals surface area contributed by atoms with Gasteiger partial charge in [0.1, 0.15) is 0 Å². The monoisotopic (exact) mass is 270 g/mol. The maximum atomic E-state index is 10.6. The van der Waals surface area contributed by atoms with Crippen LogP contribution in [0.1, 0.15) is 36.1 Å². The topological polar surface area (TPSA) is 69.2 Å². The second-order valence-electron chi connectivity index (χ2n) is 4.86. The van der Waals surface area contributed by atoms with Crippen molar-refractivity contribution in [1.82, 2.24) is 0 Å². The molecule has 0 aliphatic rings. The Morgan fingerprint density at radius 1 is 1.05 bits per heavy atom. The Bertz CT molecular complexity index is 576. The van der Waals surface area contributed by atoms with E-state index in [0.29, 0.717) is 0 Å². The molecule has 4 nitrogen and oxygen atoms in total. The molecule has 0 heterocycles. The van der Waals surface area contributed by atoms with E-state index in [4.69, 9.17) is 5.73 Å². The van der Waals surface area contributed by atoms with Crippen molar-refractivity contribution in [2.24, 2.45) is 5.73 Å². The highest BCUT2D eigenvalue weighted by Crippen LogP contribution is 2.18. The van der Waals surface area contributed by atoms with Gasteiger partial charge in [-0.2, -0.15) is 0 Å². The van der Waals surface area contributed by atoms with Gasteiger partial charge in [0.15, 0.2) is 0 Å². The molecule has 0 radical (unpaired) electrons. The highest BCUT2D eigenvalue weighted by atomic mass is 16.6. The van der Waals surface area contributed by atoms with Gasteiger partial charge in [0, 0.05) is 18.2 Å². The first-order valence-corrected chi connectivity index (χ1v) is 6.68. The molecule has 0 amide bonds. The number of nitrogens with zero attached hydrogens (tertiary/aromatic N) is 1. The molecule has 0 aromatic heterocycles. The van der Waals surface area contributed by atoms with Crippen LogP contribution in [-0.2, 0) is 6.42 Å². The zero-order valence-electron chi connectivity index (χ0n) is 11.5. The van der Waals surface area contributed by atoms with Crippen LogP contribution < -0.4 is 5.73 Å². The van der Waals surface area contributed by atoms with E-state index in [-0.39, 0.29) is 16.7 Å². The first-order valence-electron chi connectivity index (χ1n) is 6.68. The number of non-ortho nitro benzene ring substituents is 1. The van der Waals surface area contributed by atoms with Gasteiger partial charge in [0.05, 0.1) is 4.92 Å². The summed E-state index contributed by atoms with van der Waals surface area (Å²) in [5, 5.41) is 10.6. The second-order valence-corrected chi connectivity index (χ2v) is 4.86. The van der Waals surface area contributed by atoms with Crippen molar-refractivity contribution in [1.29, 1.82) is 0 Å². The lowest BCUT2D eigenvalue weighted by Gasteiger charge is -2.10. The highest BCUT2D eigenvalue weighted by Gasteiger charge is 2.05. The molecule has 104 valence electrons. The molecule has 2 N–H and O–H groups in total. The summed E-state index contributed by atoms with van der Waals surface area (Å²) in [7, 11) is 0. The number of hydrogen-bond acceptors (Lipinski definition) is 3. The van der Waals surface area contributed by atoms with Crippen LogP contribution in [0.2, 0.25) is 0 Å². The average molecular weight is 270 g/mol. The zero-order chi connectivity index (χ0) is 14.5. The highest BCUT2D eigenvalue weighted by molar-refractivity contribution is 5.36. The number of benzene rings is 2. The third kappa shape index (κ3) is 3.42. The van der Waals surface area contributed by atoms with Crippen LogP contribution in [-0.4, -0.2) is 4.92 Å². The van der Waals surface area contributed by atoms with Crippen LogP contribution in [0.5, 0.6) is 0 Å². The molecule has 0 bridgehead atoms. The first kappa shape index (κ1) is 14.2. The lowest BCUT2D eigenvalue weighted by Crippen LogP contribution is -2.08. The van der Waals surface area contributed by atoms with Crippen LogP contribution in [0.15, 0.2) is 48.5 Å². The number of nitro groups is 1. The molecule has 20 heavy (non-hydrogen) atoms. The van der Waals surface area contributed by atoms with Crippen molar-refractivity contribution in [3.05, 3.63) is 75.3 Å².